The first kappa shape index (κ1) is 19.7. The van der Waals surface area contributed by atoms with Crippen LogP contribution >= 0.6 is 11.8 Å². The fourth-order valence-electron chi connectivity index (χ4n) is 3.73. The minimum absolute atomic E-state index is 0.0138. The van der Waals surface area contributed by atoms with Crippen molar-refractivity contribution >= 4 is 34.4 Å². The predicted molar refractivity (Wildman–Crippen MR) is 112 cm³/mol. The van der Waals surface area contributed by atoms with Gasteiger partial charge >= 0.3 is 0 Å². The molecule has 1 aromatic heterocycles. The van der Waals surface area contributed by atoms with Gasteiger partial charge in [0.2, 0.25) is 5.91 Å². The van der Waals surface area contributed by atoms with Gasteiger partial charge in [0, 0.05) is 31.9 Å². The maximum absolute atomic E-state index is 13.0. The molecule has 0 spiro atoms. The lowest BCUT2D eigenvalue weighted by molar-refractivity contribution is -0.132. The second-order valence-corrected chi connectivity index (χ2v) is 7.96. The minimum Gasteiger partial charge on any atom is -0.368 e. The average molecular weight is 416 g/mol. The third kappa shape index (κ3) is 4.22. The Balaban J connectivity index is 1.47. The van der Waals surface area contributed by atoms with Crippen LogP contribution in [-0.4, -0.2) is 52.3 Å². The number of carbonyl (C=O) groups is 1. The molecule has 0 unspecified atom stereocenters. The van der Waals surface area contributed by atoms with Crippen molar-refractivity contribution in [3.8, 4) is 0 Å². The number of amides is 1. The first-order valence-electron chi connectivity index (χ1n) is 9.51. The highest BCUT2D eigenvalue weighted by atomic mass is 32.2. The summed E-state index contributed by atoms with van der Waals surface area (Å²) in [6, 6.07) is 15.4. The molecule has 0 radical (unpaired) electrons. The van der Waals surface area contributed by atoms with Gasteiger partial charge in [-0.1, -0.05) is 30.3 Å². The van der Waals surface area contributed by atoms with Gasteiger partial charge in [-0.15, -0.1) is 0 Å². The summed E-state index contributed by atoms with van der Waals surface area (Å²) in [6.45, 7) is 4.81. The van der Waals surface area contributed by atoms with E-state index in [2.05, 4.69) is 28.9 Å². The smallest absolute Gasteiger partial charge is 0.291 e. The minimum atomic E-state index is -2.58. The zero-order chi connectivity index (χ0) is 20.4. The van der Waals surface area contributed by atoms with Crippen molar-refractivity contribution in [2.45, 2.75) is 24.4 Å². The third-order valence-electron chi connectivity index (χ3n) is 5.20. The summed E-state index contributed by atoms with van der Waals surface area (Å²) in [6.07, 6.45) is 0. The summed E-state index contributed by atoms with van der Waals surface area (Å²) in [5.41, 5.74) is 3.72. The van der Waals surface area contributed by atoms with Crippen LogP contribution in [0, 0.1) is 6.92 Å². The molecule has 0 saturated carbocycles. The van der Waals surface area contributed by atoms with Crippen molar-refractivity contribution in [1.29, 1.82) is 0 Å². The van der Waals surface area contributed by atoms with Gasteiger partial charge in [-0.25, -0.2) is 4.98 Å². The number of aromatic nitrogens is 2. The van der Waals surface area contributed by atoms with Crippen molar-refractivity contribution in [3.63, 3.8) is 0 Å². The number of carbonyl (C=O) groups excluding carboxylic acids is 1. The average Bonchev–Trinajstić information content (AvgIpc) is 3.05. The number of fused-ring (bicyclic) bond motifs is 1. The van der Waals surface area contributed by atoms with Crippen LogP contribution in [0.15, 0.2) is 53.7 Å². The van der Waals surface area contributed by atoms with E-state index in [4.69, 9.17) is 0 Å². The molecule has 29 heavy (non-hydrogen) atoms. The molecular weight excluding hydrogens is 394 g/mol. The zero-order valence-electron chi connectivity index (χ0n) is 16.1. The number of thioether (sulfide) groups is 1. The van der Waals surface area contributed by atoms with Crippen molar-refractivity contribution < 1.29 is 13.6 Å². The first-order valence-corrected chi connectivity index (χ1v) is 10.4. The number of aryl methyl sites for hydroxylation is 1. The highest BCUT2D eigenvalue weighted by molar-refractivity contribution is 7.99. The van der Waals surface area contributed by atoms with Gasteiger partial charge in [-0.2, -0.15) is 8.78 Å². The fourth-order valence-corrected chi connectivity index (χ4v) is 4.33. The Morgan fingerprint density at radius 3 is 2.48 bits per heavy atom. The van der Waals surface area contributed by atoms with Crippen LogP contribution in [-0.2, 0) is 11.3 Å². The molecule has 0 aliphatic carbocycles. The van der Waals surface area contributed by atoms with Crippen LogP contribution < -0.4 is 4.90 Å². The Kier molecular flexibility index (Phi) is 5.71. The van der Waals surface area contributed by atoms with Gasteiger partial charge in [0.15, 0.2) is 5.16 Å². The highest BCUT2D eigenvalue weighted by Gasteiger charge is 2.24. The number of halogens is 2. The summed E-state index contributed by atoms with van der Waals surface area (Å²) in [5, 5.41) is 0.174. The molecule has 152 valence electrons. The number of para-hydroxylation sites is 3. The number of nitrogens with zero attached hydrogens (tertiary/aromatic N) is 4. The number of hydrogen-bond donors (Lipinski definition) is 0. The number of hydrogen-bond acceptors (Lipinski definition) is 4. The molecule has 0 atom stereocenters. The standard InChI is InChI=1S/C21H22F2N4OS/c1-15-6-2-4-8-17(15)25-10-12-26(13-11-25)19(28)14-27-18-9-5-3-7-16(18)24-21(27)29-20(22)23/h2-9,20H,10-14H2,1H3. The normalized spacial score (nSPS) is 14.8. The summed E-state index contributed by atoms with van der Waals surface area (Å²) in [4.78, 5) is 21.3. The first-order chi connectivity index (χ1) is 14.0. The van der Waals surface area contributed by atoms with Gasteiger partial charge in [-0.3, -0.25) is 4.79 Å². The molecule has 0 bridgehead atoms. The molecule has 2 heterocycles. The van der Waals surface area contributed by atoms with Crippen molar-refractivity contribution in [2.24, 2.45) is 0 Å². The van der Waals surface area contributed by atoms with Gasteiger partial charge in [0.25, 0.3) is 5.76 Å². The maximum Gasteiger partial charge on any atom is 0.291 e. The Hall–Kier alpha value is -2.61. The van der Waals surface area contributed by atoms with Crippen LogP contribution in [0.2, 0.25) is 0 Å². The highest BCUT2D eigenvalue weighted by Crippen LogP contribution is 2.29. The van der Waals surface area contributed by atoms with Gasteiger partial charge < -0.3 is 14.4 Å². The number of piperazine rings is 1. The van der Waals surface area contributed by atoms with Crippen LogP contribution in [0.1, 0.15) is 5.56 Å². The lowest BCUT2D eigenvalue weighted by Crippen LogP contribution is -2.49. The molecule has 4 rings (SSSR count). The lowest BCUT2D eigenvalue weighted by atomic mass is 10.1. The van der Waals surface area contributed by atoms with E-state index in [0.29, 0.717) is 35.9 Å². The van der Waals surface area contributed by atoms with Crippen LogP contribution in [0.25, 0.3) is 11.0 Å². The van der Waals surface area contributed by atoms with Crippen molar-refractivity contribution in [2.75, 3.05) is 31.1 Å². The van der Waals surface area contributed by atoms with E-state index in [1.807, 2.05) is 24.3 Å². The van der Waals surface area contributed by atoms with Gasteiger partial charge in [0.05, 0.1) is 11.0 Å². The van der Waals surface area contributed by atoms with Crippen molar-refractivity contribution in [3.05, 3.63) is 54.1 Å². The molecule has 1 aliphatic rings. The van der Waals surface area contributed by atoms with Crippen molar-refractivity contribution in [1.82, 2.24) is 14.5 Å². The van der Waals surface area contributed by atoms with E-state index in [9.17, 15) is 13.6 Å². The maximum atomic E-state index is 13.0. The quantitative estimate of drug-likeness (QED) is 0.590. The number of alkyl halides is 2. The van der Waals surface area contributed by atoms with Crippen LogP contribution in [0.4, 0.5) is 14.5 Å². The zero-order valence-corrected chi connectivity index (χ0v) is 16.9. The lowest BCUT2D eigenvalue weighted by Gasteiger charge is -2.37. The van der Waals surface area contributed by atoms with E-state index in [1.165, 1.54) is 11.3 Å². The predicted octanol–water partition coefficient (Wildman–Crippen LogP) is 4.01. The molecule has 5 nitrogen and oxygen atoms in total. The van der Waals surface area contributed by atoms with Gasteiger partial charge in [0.1, 0.15) is 6.54 Å². The number of anilines is 1. The third-order valence-corrected chi connectivity index (χ3v) is 5.90. The summed E-state index contributed by atoms with van der Waals surface area (Å²) in [5.74, 6) is -2.66. The van der Waals surface area contributed by atoms with E-state index in [-0.39, 0.29) is 17.6 Å². The molecule has 2 aromatic carbocycles. The van der Waals surface area contributed by atoms with E-state index in [1.54, 1.807) is 21.6 Å². The molecular formula is C21H22F2N4OS. The fraction of sp³-hybridized carbons (Fsp3) is 0.333. The number of benzene rings is 2. The number of imidazole rings is 1. The van der Waals surface area contributed by atoms with Crippen LogP contribution in [0.5, 0.6) is 0 Å². The van der Waals surface area contributed by atoms with E-state index in [0.717, 1.165) is 13.1 Å². The second kappa shape index (κ2) is 8.41. The molecule has 0 N–H and O–H groups in total. The summed E-state index contributed by atoms with van der Waals surface area (Å²) < 4.78 is 27.5. The second-order valence-electron chi connectivity index (χ2n) is 7.00. The number of rotatable bonds is 5. The molecule has 3 aromatic rings. The molecule has 1 fully saturated rings. The van der Waals surface area contributed by atoms with Gasteiger partial charge in [-0.05, 0) is 42.4 Å². The SMILES string of the molecule is Cc1ccccc1N1CCN(C(=O)Cn2c(SC(F)F)nc3ccccc32)CC1. The molecule has 1 saturated heterocycles. The summed E-state index contributed by atoms with van der Waals surface area (Å²) >= 11 is 0.378. The Morgan fingerprint density at radius 1 is 1.07 bits per heavy atom. The monoisotopic (exact) mass is 416 g/mol. The molecule has 1 amide bonds. The molecule has 8 heteroatoms. The Morgan fingerprint density at radius 2 is 1.76 bits per heavy atom. The van der Waals surface area contributed by atoms with E-state index < -0.39 is 5.76 Å². The molecule has 1 aliphatic heterocycles. The topological polar surface area (TPSA) is 41.4 Å². The van der Waals surface area contributed by atoms with Crippen LogP contribution in [0.3, 0.4) is 0 Å². The summed E-state index contributed by atoms with van der Waals surface area (Å²) in [7, 11) is 0. The Bertz CT molecular complexity index is 1010. The Labute approximate surface area is 172 Å². The largest absolute Gasteiger partial charge is 0.368 e. The van der Waals surface area contributed by atoms with E-state index >= 15 is 0 Å².